The number of fused-ring (bicyclic) bond motifs is 1. The molecule has 3 atom stereocenters. The number of hydrogen-bond donors (Lipinski definition) is 0. The Morgan fingerprint density at radius 1 is 1.47 bits per heavy atom. The maximum atomic E-state index is 4.13. The number of hydrogen-bond acceptors (Lipinski definition) is 0. The average molecular weight is 202 g/mol. The van der Waals surface area contributed by atoms with Crippen molar-refractivity contribution in [1.29, 1.82) is 0 Å². The minimum Gasteiger partial charge on any atom is -0.0998 e. The molecule has 0 fully saturated rings. The quantitative estimate of drug-likeness (QED) is 0.549. The molecule has 0 aromatic rings. The Kier molecular flexibility index (Phi) is 2.62. The van der Waals surface area contributed by atoms with Crippen molar-refractivity contribution in [3.8, 4) is 0 Å². The summed E-state index contributed by atoms with van der Waals surface area (Å²) in [5.74, 6) is 1.48. The molecule has 2 rings (SSSR count). The summed E-state index contributed by atoms with van der Waals surface area (Å²) >= 11 is 0. The van der Waals surface area contributed by atoms with Crippen molar-refractivity contribution in [2.75, 3.05) is 0 Å². The fraction of sp³-hybridized carbons (Fsp3) is 0.600. The van der Waals surface area contributed by atoms with Crippen molar-refractivity contribution < 1.29 is 0 Å². The molecule has 2 aliphatic carbocycles. The van der Waals surface area contributed by atoms with Crippen LogP contribution in [0.3, 0.4) is 0 Å². The first-order valence-corrected chi connectivity index (χ1v) is 6.06. The predicted molar refractivity (Wildman–Crippen MR) is 66.6 cm³/mol. The minimum atomic E-state index is 0.399. The molecule has 0 saturated carbocycles. The summed E-state index contributed by atoms with van der Waals surface area (Å²) in [5.41, 5.74) is 3.32. The smallest absolute Gasteiger partial charge is 0.00442 e. The SMILES string of the molecule is C=C(C)C1CC=C2C=CCC(C)C2(C)C1. The van der Waals surface area contributed by atoms with Gasteiger partial charge in [0.2, 0.25) is 0 Å². The minimum absolute atomic E-state index is 0.399. The highest BCUT2D eigenvalue weighted by molar-refractivity contribution is 5.33. The van der Waals surface area contributed by atoms with E-state index in [0.29, 0.717) is 11.3 Å². The fourth-order valence-corrected chi connectivity index (χ4v) is 2.99. The highest BCUT2D eigenvalue weighted by atomic mass is 14.4. The lowest BCUT2D eigenvalue weighted by Gasteiger charge is -2.45. The van der Waals surface area contributed by atoms with Gasteiger partial charge >= 0.3 is 0 Å². The molecule has 0 nitrogen and oxygen atoms in total. The normalized spacial score (nSPS) is 39.5. The van der Waals surface area contributed by atoms with Gasteiger partial charge in [-0.1, -0.05) is 44.2 Å². The molecular formula is C15H22. The summed E-state index contributed by atoms with van der Waals surface area (Å²) in [6.45, 7) is 11.1. The molecule has 3 unspecified atom stereocenters. The van der Waals surface area contributed by atoms with Crippen LogP contribution in [0, 0.1) is 17.3 Å². The summed E-state index contributed by atoms with van der Waals surface area (Å²) in [6.07, 6.45) is 10.8. The van der Waals surface area contributed by atoms with Gasteiger partial charge in [0.15, 0.2) is 0 Å². The Hall–Kier alpha value is -0.780. The van der Waals surface area contributed by atoms with Crippen LogP contribution in [-0.4, -0.2) is 0 Å². The monoisotopic (exact) mass is 202 g/mol. The Balaban J connectivity index is 2.32. The van der Waals surface area contributed by atoms with Crippen LogP contribution in [0.2, 0.25) is 0 Å². The molecule has 0 heteroatoms. The van der Waals surface area contributed by atoms with Gasteiger partial charge in [0.1, 0.15) is 0 Å². The molecule has 0 N–H and O–H groups in total. The third-order valence-electron chi connectivity index (χ3n) is 4.52. The lowest BCUT2D eigenvalue weighted by Crippen LogP contribution is -2.34. The standard InChI is InChI=1S/C15H22/c1-11(2)13-8-9-14-7-5-6-12(3)15(14,4)10-13/h5,7,9,12-13H,1,6,8,10H2,2-4H3. The third-order valence-corrected chi connectivity index (χ3v) is 4.52. The van der Waals surface area contributed by atoms with Crippen molar-refractivity contribution in [1.82, 2.24) is 0 Å². The summed E-state index contributed by atoms with van der Waals surface area (Å²) in [5, 5.41) is 0. The van der Waals surface area contributed by atoms with Crippen LogP contribution in [0.1, 0.15) is 40.0 Å². The van der Waals surface area contributed by atoms with Gasteiger partial charge in [0.25, 0.3) is 0 Å². The number of rotatable bonds is 1. The summed E-state index contributed by atoms with van der Waals surface area (Å²) in [7, 11) is 0. The summed E-state index contributed by atoms with van der Waals surface area (Å²) in [6, 6.07) is 0. The van der Waals surface area contributed by atoms with Crippen LogP contribution in [0.4, 0.5) is 0 Å². The molecule has 0 amide bonds. The molecule has 0 spiro atoms. The van der Waals surface area contributed by atoms with E-state index in [1.807, 2.05) is 0 Å². The molecule has 0 aliphatic heterocycles. The van der Waals surface area contributed by atoms with Crippen molar-refractivity contribution in [3.05, 3.63) is 36.0 Å². The van der Waals surface area contributed by atoms with Crippen LogP contribution in [0.15, 0.2) is 36.0 Å². The Bertz CT molecular complexity index is 332. The van der Waals surface area contributed by atoms with E-state index in [4.69, 9.17) is 0 Å². The average Bonchev–Trinajstić information content (AvgIpc) is 2.19. The topological polar surface area (TPSA) is 0 Å². The first-order valence-electron chi connectivity index (χ1n) is 6.06. The molecule has 82 valence electrons. The molecule has 2 aliphatic rings. The van der Waals surface area contributed by atoms with E-state index in [0.717, 1.165) is 5.92 Å². The highest BCUT2D eigenvalue weighted by Crippen LogP contribution is 2.50. The van der Waals surface area contributed by atoms with Crippen molar-refractivity contribution in [3.63, 3.8) is 0 Å². The maximum absolute atomic E-state index is 4.13. The van der Waals surface area contributed by atoms with E-state index in [2.05, 4.69) is 45.6 Å². The van der Waals surface area contributed by atoms with Crippen molar-refractivity contribution in [2.45, 2.75) is 40.0 Å². The van der Waals surface area contributed by atoms with Gasteiger partial charge in [0, 0.05) is 0 Å². The van der Waals surface area contributed by atoms with Gasteiger partial charge in [-0.25, -0.2) is 0 Å². The van der Waals surface area contributed by atoms with Crippen molar-refractivity contribution in [2.24, 2.45) is 17.3 Å². The maximum Gasteiger partial charge on any atom is -0.00442 e. The lowest BCUT2D eigenvalue weighted by molar-refractivity contribution is 0.194. The second-order valence-electron chi connectivity index (χ2n) is 5.60. The van der Waals surface area contributed by atoms with Gasteiger partial charge < -0.3 is 0 Å². The Labute approximate surface area is 93.8 Å². The Morgan fingerprint density at radius 3 is 2.87 bits per heavy atom. The molecule has 15 heavy (non-hydrogen) atoms. The van der Waals surface area contributed by atoms with Crippen LogP contribution in [-0.2, 0) is 0 Å². The Morgan fingerprint density at radius 2 is 2.20 bits per heavy atom. The van der Waals surface area contributed by atoms with Gasteiger partial charge in [0.05, 0.1) is 0 Å². The van der Waals surface area contributed by atoms with E-state index >= 15 is 0 Å². The molecular weight excluding hydrogens is 180 g/mol. The van der Waals surface area contributed by atoms with E-state index in [9.17, 15) is 0 Å². The molecule has 0 bridgehead atoms. The lowest BCUT2D eigenvalue weighted by atomic mass is 9.60. The van der Waals surface area contributed by atoms with Gasteiger partial charge in [-0.3, -0.25) is 0 Å². The van der Waals surface area contributed by atoms with Crippen LogP contribution in [0.5, 0.6) is 0 Å². The molecule has 0 aromatic carbocycles. The second-order valence-corrected chi connectivity index (χ2v) is 5.60. The largest absolute Gasteiger partial charge is 0.0998 e. The predicted octanol–water partition coefficient (Wildman–Crippen LogP) is 4.50. The second kappa shape index (κ2) is 3.66. The van der Waals surface area contributed by atoms with Crippen LogP contribution >= 0.6 is 0 Å². The summed E-state index contributed by atoms with van der Waals surface area (Å²) in [4.78, 5) is 0. The van der Waals surface area contributed by atoms with Gasteiger partial charge in [-0.2, -0.15) is 0 Å². The number of allylic oxidation sites excluding steroid dienone is 5. The van der Waals surface area contributed by atoms with E-state index < -0.39 is 0 Å². The van der Waals surface area contributed by atoms with E-state index in [-0.39, 0.29) is 0 Å². The zero-order valence-electron chi connectivity index (χ0n) is 10.2. The zero-order chi connectivity index (χ0) is 11.1. The highest BCUT2D eigenvalue weighted by Gasteiger charge is 2.39. The summed E-state index contributed by atoms with van der Waals surface area (Å²) < 4.78 is 0. The molecule has 0 saturated heterocycles. The molecule has 0 aromatic heterocycles. The molecule has 0 radical (unpaired) electrons. The van der Waals surface area contributed by atoms with Crippen LogP contribution in [0.25, 0.3) is 0 Å². The van der Waals surface area contributed by atoms with E-state index in [1.54, 1.807) is 5.57 Å². The van der Waals surface area contributed by atoms with Gasteiger partial charge in [-0.15, -0.1) is 0 Å². The van der Waals surface area contributed by atoms with Crippen molar-refractivity contribution >= 4 is 0 Å². The first kappa shape index (κ1) is 10.7. The molecule has 0 heterocycles. The fourth-order valence-electron chi connectivity index (χ4n) is 2.99. The zero-order valence-corrected chi connectivity index (χ0v) is 10.2. The van der Waals surface area contributed by atoms with Crippen LogP contribution < -0.4 is 0 Å². The van der Waals surface area contributed by atoms with E-state index in [1.165, 1.54) is 24.8 Å². The first-order chi connectivity index (χ1) is 7.04. The van der Waals surface area contributed by atoms with Gasteiger partial charge in [-0.05, 0) is 49.0 Å². The third kappa shape index (κ3) is 1.71.